The lowest BCUT2D eigenvalue weighted by atomic mass is 10.1. The summed E-state index contributed by atoms with van der Waals surface area (Å²) in [7, 11) is 0. The number of aromatic hydroxyl groups is 1. The molecule has 0 atom stereocenters. The number of ether oxygens (including phenoxy) is 1. The van der Waals surface area contributed by atoms with E-state index in [1.165, 1.54) is 18.3 Å². The van der Waals surface area contributed by atoms with Crippen LogP contribution in [0.1, 0.15) is 23.0 Å². The molecule has 0 amide bonds. The number of pyridine rings is 1. The minimum atomic E-state index is -4.39. The molecule has 0 saturated carbocycles. The Balaban J connectivity index is 2.01. The predicted molar refractivity (Wildman–Crippen MR) is 87.7 cm³/mol. The van der Waals surface area contributed by atoms with Gasteiger partial charge in [-0.1, -0.05) is 12.1 Å². The van der Waals surface area contributed by atoms with Crippen LogP contribution in [0.3, 0.4) is 0 Å². The lowest BCUT2D eigenvalue weighted by molar-refractivity contribution is -0.137. The number of aromatic nitrogens is 1. The molecule has 4 nitrogen and oxygen atoms in total. The summed E-state index contributed by atoms with van der Waals surface area (Å²) in [6.07, 6.45) is -2.97. The van der Waals surface area contributed by atoms with Gasteiger partial charge >= 0.3 is 12.1 Å². The molecule has 0 spiro atoms. The Hall–Kier alpha value is -2.61. The third-order valence-corrected chi connectivity index (χ3v) is 4.71. The fourth-order valence-corrected chi connectivity index (χ4v) is 3.39. The minimum Gasteiger partial charge on any atom is -0.504 e. The van der Waals surface area contributed by atoms with Crippen molar-refractivity contribution in [3.05, 3.63) is 47.8 Å². The molecule has 0 unspecified atom stereocenters. The van der Waals surface area contributed by atoms with Crippen molar-refractivity contribution in [2.24, 2.45) is 0 Å². The molecule has 0 saturated heterocycles. The normalized spacial score (nSPS) is 11.7. The van der Waals surface area contributed by atoms with E-state index in [-0.39, 0.29) is 18.1 Å². The summed E-state index contributed by atoms with van der Waals surface area (Å²) in [5.74, 6) is -1.02. The topological polar surface area (TPSA) is 59.4 Å². The van der Waals surface area contributed by atoms with Crippen LogP contribution in [-0.4, -0.2) is 22.7 Å². The molecule has 0 bridgehead atoms. The smallest absolute Gasteiger partial charge is 0.416 e. The number of alkyl halides is 3. The van der Waals surface area contributed by atoms with E-state index < -0.39 is 17.7 Å². The molecular weight excluding hydrogens is 355 g/mol. The molecule has 0 radical (unpaired) electrons. The standard InChI is InChI=1S/C17H12F3NO3S/c1-2-24-16(23)13-14(22)15-10(8-21-13)7-12(25-15)9-3-5-11(6-4-9)17(18,19)20/h3-8,22H,2H2,1H3. The second kappa shape index (κ2) is 6.36. The minimum absolute atomic E-state index is 0.152. The van der Waals surface area contributed by atoms with Crippen LogP contribution in [-0.2, 0) is 10.9 Å². The van der Waals surface area contributed by atoms with Crippen molar-refractivity contribution in [1.82, 2.24) is 4.98 Å². The quantitative estimate of drug-likeness (QED) is 0.672. The molecule has 130 valence electrons. The lowest BCUT2D eigenvalue weighted by Crippen LogP contribution is -2.06. The number of benzene rings is 1. The molecule has 0 fully saturated rings. The molecular formula is C17H12F3NO3S. The maximum absolute atomic E-state index is 12.6. The summed E-state index contributed by atoms with van der Waals surface area (Å²) in [4.78, 5) is 16.3. The van der Waals surface area contributed by atoms with Crippen LogP contribution in [0.4, 0.5) is 13.2 Å². The molecule has 3 aromatic rings. The highest BCUT2D eigenvalue weighted by atomic mass is 32.1. The maximum atomic E-state index is 12.6. The second-order valence-corrected chi connectivity index (χ2v) is 6.20. The van der Waals surface area contributed by atoms with E-state index in [2.05, 4.69) is 4.98 Å². The van der Waals surface area contributed by atoms with Crippen molar-refractivity contribution in [3.8, 4) is 16.2 Å². The largest absolute Gasteiger partial charge is 0.504 e. The number of rotatable bonds is 3. The molecule has 2 aromatic heterocycles. The second-order valence-electron chi connectivity index (χ2n) is 5.15. The van der Waals surface area contributed by atoms with Crippen molar-refractivity contribution in [2.45, 2.75) is 13.1 Å². The Labute approximate surface area is 144 Å². The van der Waals surface area contributed by atoms with E-state index >= 15 is 0 Å². The maximum Gasteiger partial charge on any atom is 0.416 e. The number of hydrogen-bond acceptors (Lipinski definition) is 5. The van der Waals surface area contributed by atoms with Crippen LogP contribution in [0.5, 0.6) is 5.75 Å². The molecule has 3 rings (SSSR count). The van der Waals surface area contributed by atoms with Crippen molar-refractivity contribution >= 4 is 27.4 Å². The highest BCUT2D eigenvalue weighted by Crippen LogP contribution is 2.40. The number of esters is 1. The Kier molecular flexibility index (Phi) is 4.38. The van der Waals surface area contributed by atoms with Gasteiger partial charge in [-0.2, -0.15) is 13.2 Å². The van der Waals surface area contributed by atoms with E-state index in [1.807, 2.05) is 0 Å². The Morgan fingerprint density at radius 2 is 1.96 bits per heavy atom. The third kappa shape index (κ3) is 3.30. The van der Waals surface area contributed by atoms with Crippen LogP contribution < -0.4 is 0 Å². The molecule has 0 aliphatic rings. The zero-order valence-electron chi connectivity index (χ0n) is 12.9. The first-order valence-corrected chi connectivity index (χ1v) is 8.09. The Morgan fingerprint density at radius 3 is 2.56 bits per heavy atom. The summed E-state index contributed by atoms with van der Waals surface area (Å²) < 4.78 is 43.2. The van der Waals surface area contributed by atoms with Crippen LogP contribution >= 0.6 is 11.3 Å². The summed E-state index contributed by atoms with van der Waals surface area (Å²) in [5.41, 5.74) is -0.340. The fourth-order valence-electron chi connectivity index (χ4n) is 2.30. The number of fused-ring (bicyclic) bond motifs is 1. The molecule has 0 aliphatic heterocycles. The van der Waals surface area contributed by atoms with Crippen LogP contribution in [0.15, 0.2) is 36.5 Å². The van der Waals surface area contributed by atoms with Gasteiger partial charge in [-0.15, -0.1) is 11.3 Å². The first kappa shape index (κ1) is 17.2. The van der Waals surface area contributed by atoms with Gasteiger partial charge in [-0.25, -0.2) is 9.78 Å². The van der Waals surface area contributed by atoms with Gasteiger partial charge < -0.3 is 9.84 Å². The number of carbonyl (C=O) groups excluding carboxylic acids is 1. The first-order valence-electron chi connectivity index (χ1n) is 7.27. The average molecular weight is 367 g/mol. The lowest BCUT2D eigenvalue weighted by Gasteiger charge is -2.06. The number of carbonyl (C=O) groups is 1. The molecule has 2 heterocycles. The average Bonchev–Trinajstić information content (AvgIpc) is 3.00. The van der Waals surface area contributed by atoms with E-state index in [1.54, 1.807) is 13.0 Å². The molecule has 1 N–H and O–H groups in total. The molecule has 25 heavy (non-hydrogen) atoms. The van der Waals surface area contributed by atoms with Gasteiger partial charge in [0, 0.05) is 16.5 Å². The van der Waals surface area contributed by atoms with Crippen LogP contribution in [0.25, 0.3) is 20.5 Å². The fraction of sp³-hybridized carbons (Fsp3) is 0.176. The van der Waals surface area contributed by atoms with Crippen LogP contribution in [0.2, 0.25) is 0 Å². The van der Waals surface area contributed by atoms with Crippen LogP contribution in [0, 0.1) is 0 Å². The first-order chi connectivity index (χ1) is 11.8. The van der Waals surface area contributed by atoms with Gasteiger partial charge in [0.25, 0.3) is 0 Å². The Morgan fingerprint density at radius 1 is 1.28 bits per heavy atom. The van der Waals surface area contributed by atoms with E-state index in [4.69, 9.17) is 4.74 Å². The van der Waals surface area contributed by atoms with Gasteiger partial charge in [-0.3, -0.25) is 0 Å². The highest BCUT2D eigenvalue weighted by Gasteiger charge is 2.30. The van der Waals surface area contributed by atoms with E-state index in [9.17, 15) is 23.1 Å². The summed E-state index contributed by atoms with van der Waals surface area (Å²) in [6, 6.07) is 6.43. The summed E-state index contributed by atoms with van der Waals surface area (Å²) in [6.45, 7) is 1.79. The third-order valence-electron chi connectivity index (χ3n) is 3.50. The van der Waals surface area contributed by atoms with Gasteiger partial charge in [0.2, 0.25) is 0 Å². The van der Waals surface area contributed by atoms with Gasteiger partial charge in [-0.05, 0) is 30.7 Å². The van der Waals surface area contributed by atoms with Crippen molar-refractivity contribution in [2.75, 3.05) is 6.61 Å². The van der Waals surface area contributed by atoms with Gasteiger partial charge in [0.05, 0.1) is 16.9 Å². The van der Waals surface area contributed by atoms with Crippen molar-refractivity contribution in [3.63, 3.8) is 0 Å². The SMILES string of the molecule is CCOC(=O)c1ncc2cc(-c3ccc(C(F)(F)F)cc3)sc2c1O. The number of hydrogen-bond donors (Lipinski definition) is 1. The summed E-state index contributed by atoms with van der Waals surface area (Å²) in [5, 5.41) is 10.8. The van der Waals surface area contributed by atoms with Gasteiger partial charge in [0.15, 0.2) is 11.4 Å². The number of halogens is 3. The number of thiophene rings is 1. The van der Waals surface area contributed by atoms with Gasteiger partial charge in [0.1, 0.15) is 0 Å². The van der Waals surface area contributed by atoms with E-state index in [0.717, 1.165) is 23.5 Å². The molecule has 8 heteroatoms. The highest BCUT2D eigenvalue weighted by molar-refractivity contribution is 7.22. The van der Waals surface area contributed by atoms with Crippen molar-refractivity contribution in [1.29, 1.82) is 0 Å². The zero-order valence-corrected chi connectivity index (χ0v) is 13.7. The Bertz CT molecular complexity index is 933. The summed E-state index contributed by atoms with van der Waals surface area (Å²) >= 11 is 1.16. The molecule has 1 aromatic carbocycles. The van der Waals surface area contributed by atoms with E-state index in [0.29, 0.717) is 20.5 Å². The molecule has 0 aliphatic carbocycles. The predicted octanol–water partition coefficient (Wildman–Crippen LogP) is 4.86. The number of nitrogens with zero attached hydrogens (tertiary/aromatic N) is 1. The van der Waals surface area contributed by atoms with Crippen molar-refractivity contribution < 1.29 is 27.8 Å². The zero-order chi connectivity index (χ0) is 18.2. The monoisotopic (exact) mass is 367 g/mol.